The third kappa shape index (κ3) is 2.52. The molecule has 2 aromatic carbocycles. The molecule has 3 aromatic rings. The summed E-state index contributed by atoms with van der Waals surface area (Å²) < 4.78 is 7.21. The van der Waals surface area contributed by atoms with Crippen LogP contribution in [0.4, 0.5) is 5.69 Å². The van der Waals surface area contributed by atoms with Crippen molar-refractivity contribution in [2.45, 2.75) is 5.16 Å². The third-order valence-electron chi connectivity index (χ3n) is 3.76. The smallest absolute Gasteiger partial charge is 0.212 e. The first-order chi connectivity index (χ1) is 11.8. The lowest BCUT2D eigenvalue weighted by atomic mass is 10.1. The van der Waals surface area contributed by atoms with E-state index in [2.05, 4.69) is 10.2 Å². The lowest BCUT2D eigenvalue weighted by Crippen LogP contribution is -2.13. The summed E-state index contributed by atoms with van der Waals surface area (Å²) in [4.78, 5) is 0. The maximum Gasteiger partial charge on any atom is 0.212 e. The summed E-state index contributed by atoms with van der Waals surface area (Å²) in [6.45, 7) is 0. The van der Waals surface area contributed by atoms with Gasteiger partial charge in [0.2, 0.25) is 5.16 Å². The van der Waals surface area contributed by atoms with Crippen LogP contribution < -0.4 is 10.5 Å². The van der Waals surface area contributed by atoms with Gasteiger partial charge in [0, 0.05) is 11.4 Å². The molecule has 0 aliphatic carbocycles. The van der Waals surface area contributed by atoms with Gasteiger partial charge in [0.25, 0.3) is 0 Å². The van der Waals surface area contributed by atoms with Crippen LogP contribution in [0.5, 0.6) is 5.75 Å². The van der Waals surface area contributed by atoms with E-state index in [0.29, 0.717) is 5.82 Å². The predicted octanol–water partition coefficient (Wildman–Crippen LogP) is 2.89. The van der Waals surface area contributed by atoms with Crippen molar-refractivity contribution >= 4 is 23.2 Å². The van der Waals surface area contributed by atoms with Crippen LogP contribution in [0.1, 0.15) is 5.56 Å². The molecule has 0 spiro atoms. The zero-order valence-electron chi connectivity index (χ0n) is 13.0. The van der Waals surface area contributed by atoms with Gasteiger partial charge in [-0.1, -0.05) is 36.0 Å². The number of anilines is 1. The highest BCUT2D eigenvalue weighted by Crippen LogP contribution is 2.33. The lowest BCUT2D eigenvalue weighted by Gasteiger charge is -2.14. The van der Waals surface area contributed by atoms with E-state index >= 15 is 0 Å². The van der Waals surface area contributed by atoms with E-state index in [9.17, 15) is 0 Å². The summed E-state index contributed by atoms with van der Waals surface area (Å²) in [7, 11) is 1.64. The fourth-order valence-electron chi connectivity index (χ4n) is 2.54. The van der Waals surface area contributed by atoms with Crippen molar-refractivity contribution in [2.75, 3.05) is 18.6 Å². The molecule has 1 aliphatic heterocycles. The largest absolute Gasteiger partial charge is 0.496 e. The van der Waals surface area contributed by atoms with E-state index in [0.717, 1.165) is 39.2 Å². The number of hydrogen-bond acceptors (Lipinski definition) is 6. The molecule has 0 saturated carbocycles. The van der Waals surface area contributed by atoms with Gasteiger partial charge in [0.05, 0.1) is 18.4 Å². The molecule has 0 bridgehead atoms. The Morgan fingerprint density at radius 1 is 1.08 bits per heavy atom. The van der Waals surface area contributed by atoms with Gasteiger partial charge in [-0.05, 0) is 29.8 Å². The highest BCUT2D eigenvalue weighted by Gasteiger charge is 2.22. The van der Waals surface area contributed by atoms with Crippen LogP contribution in [0.15, 0.2) is 58.8 Å². The Kier molecular flexibility index (Phi) is 3.70. The first kappa shape index (κ1) is 14.8. The van der Waals surface area contributed by atoms with Gasteiger partial charge in [-0.25, -0.2) is 0 Å². The molecule has 4 rings (SSSR count). The van der Waals surface area contributed by atoms with Crippen molar-refractivity contribution in [3.63, 3.8) is 0 Å². The number of nitrogens with two attached hydrogens (primary N) is 1. The van der Waals surface area contributed by atoms with E-state index < -0.39 is 0 Å². The van der Waals surface area contributed by atoms with Crippen LogP contribution >= 0.6 is 11.8 Å². The number of aromatic nitrogens is 3. The summed E-state index contributed by atoms with van der Waals surface area (Å²) in [6, 6.07) is 15.4. The molecular weight excluding hydrogens is 322 g/mol. The Bertz CT molecular complexity index is 917. The average molecular weight is 337 g/mol. The quantitative estimate of drug-likeness (QED) is 0.744. The van der Waals surface area contributed by atoms with Gasteiger partial charge >= 0.3 is 0 Å². The first-order valence-corrected chi connectivity index (χ1v) is 8.40. The van der Waals surface area contributed by atoms with Crippen LogP contribution in [-0.2, 0) is 0 Å². The van der Waals surface area contributed by atoms with Crippen molar-refractivity contribution in [3.05, 3.63) is 54.1 Å². The molecule has 0 amide bonds. The summed E-state index contributed by atoms with van der Waals surface area (Å²) in [6.07, 6.45) is 0. The molecule has 0 fully saturated rings. The van der Waals surface area contributed by atoms with Crippen molar-refractivity contribution in [1.82, 2.24) is 14.9 Å². The Balaban J connectivity index is 1.81. The molecule has 1 aromatic heterocycles. The normalized spacial score (nSPS) is 13.3. The third-order valence-corrected chi connectivity index (χ3v) is 4.69. The minimum absolute atomic E-state index is 0.669. The molecule has 0 atom stereocenters. The van der Waals surface area contributed by atoms with Crippen molar-refractivity contribution in [2.24, 2.45) is 5.10 Å². The van der Waals surface area contributed by atoms with Crippen LogP contribution in [0.25, 0.3) is 11.4 Å². The zero-order valence-corrected chi connectivity index (χ0v) is 13.8. The molecular formula is C17H15N5OS. The molecule has 0 saturated heterocycles. The molecule has 6 nitrogen and oxygen atoms in total. The second-order valence-electron chi connectivity index (χ2n) is 5.28. The number of ether oxygens (including phenoxy) is 1. The number of nitrogens with zero attached hydrogens (tertiary/aromatic N) is 4. The summed E-state index contributed by atoms with van der Waals surface area (Å²) in [5.41, 5.74) is 9.37. The number of rotatable bonds is 3. The van der Waals surface area contributed by atoms with Crippen LogP contribution in [0.2, 0.25) is 0 Å². The second-order valence-corrected chi connectivity index (χ2v) is 6.22. The maximum absolute atomic E-state index is 5.76. The average Bonchev–Trinajstić information content (AvgIpc) is 3.05. The van der Waals surface area contributed by atoms with Crippen molar-refractivity contribution in [3.8, 4) is 17.1 Å². The van der Waals surface area contributed by atoms with Crippen LogP contribution in [0.3, 0.4) is 0 Å². The first-order valence-electron chi connectivity index (χ1n) is 7.41. The molecule has 1 aliphatic rings. The summed E-state index contributed by atoms with van der Waals surface area (Å²) >= 11 is 1.61. The van der Waals surface area contributed by atoms with Gasteiger partial charge in [-0.2, -0.15) is 9.78 Å². The molecule has 0 radical (unpaired) electrons. The van der Waals surface area contributed by atoms with E-state index in [-0.39, 0.29) is 0 Å². The SMILES string of the molecule is COc1ccccc1-c1nnc2n1N=C(c1ccc(N)cc1)CS2. The maximum atomic E-state index is 5.76. The van der Waals surface area contributed by atoms with Crippen LogP contribution in [0, 0.1) is 0 Å². The van der Waals surface area contributed by atoms with Gasteiger partial charge in [0.1, 0.15) is 5.75 Å². The summed E-state index contributed by atoms with van der Waals surface area (Å²) in [5, 5.41) is 14.1. The number of hydrogen-bond donors (Lipinski definition) is 1. The van der Waals surface area contributed by atoms with Gasteiger partial charge in [-0.3, -0.25) is 0 Å². The minimum atomic E-state index is 0.669. The minimum Gasteiger partial charge on any atom is -0.496 e. The van der Waals surface area contributed by atoms with E-state index in [1.165, 1.54) is 0 Å². The highest BCUT2D eigenvalue weighted by molar-refractivity contribution is 7.99. The summed E-state index contributed by atoms with van der Waals surface area (Å²) in [5.74, 6) is 2.16. The van der Waals surface area contributed by atoms with E-state index in [4.69, 9.17) is 15.6 Å². The van der Waals surface area contributed by atoms with Gasteiger partial charge in [-0.15, -0.1) is 10.2 Å². The highest BCUT2D eigenvalue weighted by atomic mass is 32.2. The standard InChI is InChI=1S/C17H15N5OS/c1-23-15-5-3-2-4-13(15)16-19-20-17-22(16)21-14(10-24-17)11-6-8-12(18)9-7-11/h2-9H,10,18H2,1H3. The van der Waals surface area contributed by atoms with Crippen molar-refractivity contribution in [1.29, 1.82) is 0 Å². The Morgan fingerprint density at radius 3 is 2.67 bits per heavy atom. The fourth-order valence-corrected chi connectivity index (χ4v) is 3.38. The molecule has 24 heavy (non-hydrogen) atoms. The number of methoxy groups -OCH3 is 1. The van der Waals surface area contributed by atoms with Gasteiger partial charge < -0.3 is 10.5 Å². The molecule has 0 unspecified atom stereocenters. The van der Waals surface area contributed by atoms with Crippen molar-refractivity contribution < 1.29 is 4.74 Å². The Labute approximate surface area is 143 Å². The topological polar surface area (TPSA) is 78.3 Å². The monoisotopic (exact) mass is 337 g/mol. The molecule has 2 heterocycles. The zero-order chi connectivity index (χ0) is 16.5. The fraction of sp³-hybridized carbons (Fsp3) is 0.118. The number of benzene rings is 2. The predicted molar refractivity (Wildman–Crippen MR) is 95.5 cm³/mol. The molecule has 2 N–H and O–H groups in total. The van der Waals surface area contributed by atoms with E-state index in [1.807, 2.05) is 48.5 Å². The number of para-hydroxylation sites is 1. The number of nitrogen functional groups attached to an aromatic ring is 1. The second kappa shape index (κ2) is 6.01. The van der Waals surface area contributed by atoms with E-state index in [1.54, 1.807) is 23.5 Å². The van der Waals surface area contributed by atoms with Gasteiger partial charge in [0.15, 0.2) is 5.82 Å². The Hall–Kier alpha value is -2.80. The van der Waals surface area contributed by atoms with Crippen LogP contribution in [-0.4, -0.2) is 33.4 Å². The molecule has 120 valence electrons. The number of fused-ring (bicyclic) bond motifs is 1. The Morgan fingerprint density at radius 2 is 1.88 bits per heavy atom. The molecule has 7 heteroatoms. The lowest BCUT2D eigenvalue weighted by molar-refractivity contribution is 0.416. The number of thioether (sulfide) groups is 1.